The zero-order valence-electron chi connectivity index (χ0n) is 9.52. The molecule has 1 aliphatic rings. The lowest BCUT2D eigenvalue weighted by Gasteiger charge is -2.31. The van der Waals surface area contributed by atoms with Crippen LogP contribution >= 0.6 is 11.6 Å². The summed E-state index contributed by atoms with van der Waals surface area (Å²) in [7, 11) is 0. The fraction of sp³-hybridized carbons (Fsp3) is 0.385. The maximum absolute atomic E-state index is 6.20. The minimum Gasteiger partial charge on any atom is -0.357 e. The van der Waals surface area contributed by atoms with Crippen molar-refractivity contribution in [2.75, 3.05) is 0 Å². The Morgan fingerprint density at radius 2 is 2.12 bits per heavy atom. The molecule has 0 radical (unpaired) electrons. The van der Waals surface area contributed by atoms with E-state index in [2.05, 4.69) is 30.2 Å². The van der Waals surface area contributed by atoms with Gasteiger partial charge in [0, 0.05) is 29.6 Å². The Morgan fingerprint density at radius 1 is 1.31 bits per heavy atom. The molecule has 16 heavy (non-hydrogen) atoms. The first kappa shape index (κ1) is 10.2. The number of hydrogen-bond donors (Lipinski definition) is 2. The van der Waals surface area contributed by atoms with Crippen LogP contribution in [0.25, 0.3) is 10.9 Å². The number of H-pyrrole nitrogens is 1. The summed E-state index contributed by atoms with van der Waals surface area (Å²) in [6, 6.07) is 6.08. The predicted molar refractivity (Wildman–Crippen MR) is 67.9 cm³/mol. The highest BCUT2D eigenvalue weighted by atomic mass is 35.5. The molecule has 0 bridgehead atoms. The van der Waals surface area contributed by atoms with Crippen LogP contribution in [-0.2, 0) is 13.0 Å². The van der Waals surface area contributed by atoms with Crippen LogP contribution in [0, 0.1) is 0 Å². The minimum atomic E-state index is 0.167. The molecule has 0 saturated heterocycles. The molecule has 0 amide bonds. The van der Waals surface area contributed by atoms with Crippen molar-refractivity contribution < 1.29 is 0 Å². The van der Waals surface area contributed by atoms with Crippen LogP contribution in [0.4, 0.5) is 0 Å². The standard InChI is InChI=1S/C13H15ClN2/c1-13(2)6-11-9(7-15-13)8-4-3-5-10(14)12(8)16-11/h3-5,15-16H,6-7H2,1-2H3. The second kappa shape index (κ2) is 3.25. The Balaban J connectivity index is 2.24. The zero-order valence-corrected chi connectivity index (χ0v) is 10.3. The van der Waals surface area contributed by atoms with Crippen molar-refractivity contribution in [2.24, 2.45) is 0 Å². The first-order chi connectivity index (χ1) is 7.57. The fourth-order valence-corrected chi connectivity index (χ4v) is 2.70. The summed E-state index contributed by atoms with van der Waals surface area (Å²) in [4.78, 5) is 3.47. The van der Waals surface area contributed by atoms with Crippen LogP contribution < -0.4 is 5.32 Å². The molecule has 0 spiro atoms. The Morgan fingerprint density at radius 3 is 2.94 bits per heavy atom. The quantitative estimate of drug-likeness (QED) is 0.720. The zero-order chi connectivity index (χ0) is 11.3. The van der Waals surface area contributed by atoms with E-state index in [-0.39, 0.29) is 5.54 Å². The third-order valence-electron chi connectivity index (χ3n) is 3.34. The number of halogens is 1. The summed E-state index contributed by atoms with van der Waals surface area (Å²) in [5.74, 6) is 0. The number of para-hydroxylation sites is 1. The minimum absolute atomic E-state index is 0.167. The van der Waals surface area contributed by atoms with Crippen LogP contribution in [0.1, 0.15) is 25.1 Å². The van der Waals surface area contributed by atoms with Crippen LogP contribution in [0.3, 0.4) is 0 Å². The highest BCUT2D eigenvalue weighted by Gasteiger charge is 2.27. The van der Waals surface area contributed by atoms with Crippen molar-refractivity contribution >= 4 is 22.5 Å². The van der Waals surface area contributed by atoms with Gasteiger partial charge in [-0.05, 0) is 25.5 Å². The third-order valence-corrected chi connectivity index (χ3v) is 3.66. The van der Waals surface area contributed by atoms with E-state index in [0.29, 0.717) is 0 Å². The molecule has 0 atom stereocenters. The third kappa shape index (κ3) is 1.45. The van der Waals surface area contributed by atoms with Gasteiger partial charge in [0.05, 0.1) is 10.5 Å². The lowest BCUT2D eigenvalue weighted by molar-refractivity contribution is 0.360. The molecule has 1 aliphatic heterocycles. The van der Waals surface area contributed by atoms with Gasteiger partial charge in [-0.3, -0.25) is 0 Å². The smallest absolute Gasteiger partial charge is 0.0648 e. The molecule has 0 aliphatic carbocycles. The fourth-order valence-electron chi connectivity index (χ4n) is 2.48. The van der Waals surface area contributed by atoms with Crippen LogP contribution in [0.5, 0.6) is 0 Å². The number of benzene rings is 1. The largest absolute Gasteiger partial charge is 0.357 e. The Labute approximate surface area is 100.0 Å². The first-order valence-electron chi connectivity index (χ1n) is 5.60. The van der Waals surface area contributed by atoms with Gasteiger partial charge in [-0.2, -0.15) is 0 Å². The van der Waals surface area contributed by atoms with Crippen molar-refractivity contribution in [3.8, 4) is 0 Å². The van der Waals surface area contributed by atoms with Gasteiger partial charge in [-0.25, -0.2) is 0 Å². The number of nitrogens with one attached hydrogen (secondary N) is 2. The van der Waals surface area contributed by atoms with Gasteiger partial charge in [-0.1, -0.05) is 23.7 Å². The van der Waals surface area contributed by atoms with E-state index < -0.39 is 0 Å². The Kier molecular flexibility index (Phi) is 2.07. The van der Waals surface area contributed by atoms with Crippen LogP contribution in [0.15, 0.2) is 18.2 Å². The van der Waals surface area contributed by atoms with E-state index in [1.54, 1.807) is 0 Å². The molecule has 0 fully saturated rings. The molecular formula is C13H15ClN2. The van der Waals surface area contributed by atoms with Crippen LogP contribution in [-0.4, -0.2) is 10.5 Å². The molecule has 2 aromatic rings. The number of hydrogen-bond acceptors (Lipinski definition) is 1. The number of aromatic amines is 1. The van der Waals surface area contributed by atoms with Crippen molar-refractivity contribution in [1.29, 1.82) is 0 Å². The SMILES string of the molecule is CC1(C)Cc2[nH]c3c(Cl)cccc3c2CN1. The van der Waals surface area contributed by atoms with E-state index >= 15 is 0 Å². The maximum Gasteiger partial charge on any atom is 0.0648 e. The van der Waals surface area contributed by atoms with Crippen molar-refractivity contribution in [2.45, 2.75) is 32.4 Å². The maximum atomic E-state index is 6.20. The van der Waals surface area contributed by atoms with E-state index in [1.165, 1.54) is 16.6 Å². The van der Waals surface area contributed by atoms with Gasteiger partial charge < -0.3 is 10.3 Å². The van der Waals surface area contributed by atoms with Crippen molar-refractivity contribution in [1.82, 2.24) is 10.3 Å². The van der Waals surface area contributed by atoms with E-state index in [1.807, 2.05) is 12.1 Å². The Bertz CT molecular complexity index is 554. The van der Waals surface area contributed by atoms with Crippen molar-refractivity contribution in [3.63, 3.8) is 0 Å². The highest BCUT2D eigenvalue weighted by Crippen LogP contribution is 2.32. The average Bonchev–Trinajstić information content (AvgIpc) is 2.55. The number of rotatable bonds is 0. The highest BCUT2D eigenvalue weighted by molar-refractivity contribution is 6.35. The molecular weight excluding hydrogens is 220 g/mol. The van der Waals surface area contributed by atoms with Gasteiger partial charge in [-0.15, -0.1) is 0 Å². The van der Waals surface area contributed by atoms with E-state index in [4.69, 9.17) is 11.6 Å². The van der Waals surface area contributed by atoms with Crippen molar-refractivity contribution in [3.05, 3.63) is 34.5 Å². The van der Waals surface area contributed by atoms with Gasteiger partial charge in [0.1, 0.15) is 0 Å². The predicted octanol–water partition coefficient (Wildman–Crippen LogP) is 3.25. The molecule has 2 N–H and O–H groups in total. The van der Waals surface area contributed by atoms with Gasteiger partial charge >= 0.3 is 0 Å². The molecule has 2 heterocycles. The van der Waals surface area contributed by atoms with Gasteiger partial charge in [0.2, 0.25) is 0 Å². The normalized spacial score (nSPS) is 18.7. The summed E-state index contributed by atoms with van der Waals surface area (Å²) in [6.45, 7) is 5.37. The molecule has 3 rings (SSSR count). The number of aromatic nitrogens is 1. The summed E-state index contributed by atoms with van der Waals surface area (Å²) in [6.07, 6.45) is 1.02. The molecule has 3 heteroatoms. The first-order valence-corrected chi connectivity index (χ1v) is 5.98. The lowest BCUT2D eigenvalue weighted by atomic mass is 9.91. The lowest BCUT2D eigenvalue weighted by Crippen LogP contribution is -2.44. The summed E-state index contributed by atoms with van der Waals surface area (Å²) < 4.78 is 0. The summed E-state index contributed by atoms with van der Waals surface area (Å²) in [5.41, 5.74) is 3.94. The molecule has 1 aromatic carbocycles. The molecule has 1 aromatic heterocycles. The topological polar surface area (TPSA) is 27.8 Å². The van der Waals surface area contributed by atoms with Gasteiger partial charge in [0.15, 0.2) is 0 Å². The number of fused-ring (bicyclic) bond motifs is 3. The molecule has 0 saturated carbocycles. The molecule has 0 unspecified atom stereocenters. The second-order valence-corrected chi connectivity index (χ2v) is 5.57. The summed E-state index contributed by atoms with van der Waals surface area (Å²) >= 11 is 6.20. The summed E-state index contributed by atoms with van der Waals surface area (Å²) in [5, 5.41) is 5.61. The Hall–Kier alpha value is -0.990. The molecule has 2 nitrogen and oxygen atoms in total. The van der Waals surface area contributed by atoms with Gasteiger partial charge in [0.25, 0.3) is 0 Å². The monoisotopic (exact) mass is 234 g/mol. The van der Waals surface area contributed by atoms with E-state index in [0.717, 1.165) is 23.5 Å². The van der Waals surface area contributed by atoms with E-state index in [9.17, 15) is 0 Å². The molecule has 84 valence electrons. The van der Waals surface area contributed by atoms with Crippen LogP contribution in [0.2, 0.25) is 5.02 Å². The second-order valence-electron chi connectivity index (χ2n) is 5.16. The average molecular weight is 235 g/mol.